The third-order valence-electron chi connectivity index (χ3n) is 8.14. The van der Waals surface area contributed by atoms with E-state index in [9.17, 15) is 20.4 Å². The quantitative estimate of drug-likeness (QED) is 0.437. The standard InChI is InChI=1S/C21H33NO9/c1-9-4-5-12-10(2)17(22-14-16(25)15(24)13(8-23)27-18(14)26)28-19-21(12)11(9)6-7-20(3,29-19)30-31-21/h9-16,18-19,23-26H,4-8H2,1-3H3/b22-17-/t9-,10-,11?,12?,13+,14?,15+,16+,18-,19-,20+,21?/m1/s1. The second-order valence-electron chi connectivity index (χ2n) is 10.0. The zero-order valence-corrected chi connectivity index (χ0v) is 18.1. The molecule has 0 aromatic rings. The average Bonchev–Trinajstić information content (AvgIpc) is 2.97. The highest BCUT2D eigenvalue weighted by Crippen LogP contribution is 2.59. The summed E-state index contributed by atoms with van der Waals surface area (Å²) in [6, 6.07) is -1.15. The smallest absolute Gasteiger partial charge is 0.237 e. The summed E-state index contributed by atoms with van der Waals surface area (Å²) in [4.78, 5) is 16.4. The number of rotatable bonds is 2. The Morgan fingerprint density at radius 3 is 2.55 bits per heavy atom. The fourth-order valence-electron chi connectivity index (χ4n) is 6.29. The molecule has 4 N–H and O–H groups in total. The van der Waals surface area contributed by atoms with Crippen LogP contribution in [-0.2, 0) is 24.0 Å². The topological polar surface area (TPSA) is 139 Å². The van der Waals surface area contributed by atoms with Crippen molar-refractivity contribution < 1.29 is 44.4 Å². The molecule has 2 bridgehead atoms. The van der Waals surface area contributed by atoms with E-state index in [0.29, 0.717) is 18.2 Å². The molecule has 12 atom stereocenters. The van der Waals surface area contributed by atoms with E-state index < -0.39 is 54.9 Å². The molecular weight excluding hydrogens is 410 g/mol. The first kappa shape index (κ1) is 22.0. The zero-order chi connectivity index (χ0) is 22.1. The molecule has 6 aliphatic rings. The molecule has 10 nitrogen and oxygen atoms in total. The Morgan fingerprint density at radius 1 is 1.03 bits per heavy atom. The Labute approximate surface area is 181 Å². The van der Waals surface area contributed by atoms with Crippen LogP contribution in [-0.4, -0.2) is 81.3 Å². The first-order valence-electron chi connectivity index (χ1n) is 11.3. The molecule has 4 unspecified atom stereocenters. The van der Waals surface area contributed by atoms with Crippen molar-refractivity contribution in [2.75, 3.05) is 6.61 Å². The molecule has 0 radical (unpaired) electrons. The molecule has 5 saturated heterocycles. The summed E-state index contributed by atoms with van der Waals surface area (Å²) in [5.74, 6) is -0.112. The van der Waals surface area contributed by atoms with Gasteiger partial charge in [-0.1, -0.05) is 13.8 Å². The average molecular weight is 443 g/mol. The van der Waals surface area contributed by atoms with Crippen LogP contribution < -0.4 is 0 Å². The summed E-state index contributed by atoms with van der Waals surface area (Å²) in [5.41, 5.74) is -0.742. The summed E-state index contributed by atoms with van der Waals surface area (Å²) in [7, 11) is 0. The number of hydrogen-bond acceptors (Lipinski definition) is 10. The lowest BCUT2D eigenvalue weighted by Gasteiger charge is -2.58. The monoisotopic (exact) mass is 443 g/mol. The van der Waals surface area contributed by atoms with Gasteiger partial charge in [0.05, 0.1) is 6.61 Å². The SMILES string of the molecule is C[C@@H]1CCC2[C@@H](C)/C(=N/C3[C@H](O)O[C@@H](CO)[C@H](O)[C@H]3O)O[C@@H]3O[C@]4(C)CCC1C23OO4. The van der Waals surface area contributed by atoms with Gasteiger partial charge >= 0.3 is 0 Å². The number of aliphatic hydroxyl groups excluding tert-OH is 4. The van der Waals surface area contributed by atoms with E-state index in [1.165, 1.54) is 0 Å². The van der Waals surface area contributed by atoms with E-state index in [1.54, 1.807) is 0 Å². The van der Waals surface area contributed by atoms with Gasteiger partial charge in [0.1, 0.15) is 24.4 Å². The molecule has 176 valence electrons. The maximum Gasteiger partial charge on any atom is 0.237 e. The summed E-state index contributed by atoms with van der Waals surface area (Å²) < 4.78 is 17.8. The van der Waals surface area contributed by atoms with Crippen LogP contribution >= 0.6 is 0 Å². The van der Waals surface area contributed by atoms with Crippen LogP contribution in [0.1, 0.15) is 46.5 Å². The van der Waals surface area contributed by atoms with Crippen molar-refractivity contribution in [1.29, 1.82) is 0 Å². The number of aliphatic imine (C=N–C) groups is 1. The molecule has 1 aliphatic carbocycles. The van der Waals surface area contributed by atoms with Crippen molar-refractivity contribution in [3.05, 3.63) is 0 Å². The van der Waals surface area contributed by atoms with Crippen LogP contribution in [0.5, 0.6) is 0 Å². The lowest BCUT2D eigenvalue weighted by Crippen LogP contribution is -2.70. The van der Waals surface area contributed by atoms with Gasteiger partial charge in [-0.05, 0) is 32.1 Å². The molecule has 0 amide bonds. The summed E-state index contributed by atoms with van der Waals surface area (Å²) >= 11 is 0. The molecule has 6 fully saturated rings. The van der Waals surface area contributed by atoms with Gasteiger partial charge in [-0.25, -0.2) is 14.8 Å². The predicted octanol–water partition coefficient (Wildman–Crippen LogP) is 0.0667. The Hall–Kier alpha value is -0.850. The fourth-order valence-corrected chi connectivity index (χ4v) is 6.29. The number of ether oxygens (including phenoxy) is 3. The molecule has 31 heavy (non-hydrogen) atoms. The lowest BCUT2D eigenvalue weighted by atomic mass is 9.58. The van der Waals surface area contributed by atoms with Crippen molar-refractivity contribution in [1.82, 2.24) is 0 Å². The van der Waals surface area contributed by atoms with E-state index in [1.807, 2.05) is 13.8 Å². The van der Waals surface area contributed by atoms with Crippen molar-refractivity contribution in [2.24, 2.45) is 28.7 Å². The van der Waals surface area contributed by atoms with E-state index in [4.69, 9.17) is 24.0 Å². The molecular formula is C21H33NO9. The first-order valence-corrected chi connectivity index (χ1v) is 11.3. The normalized spacial score (nSPS) is 57.8. The lowest BCUT2D eigenvalue weighted by molar-refractivity contribution is -0.557. The van der Waals surface area contributed by atoms with Gasteiger partial charge in [0.25, 0.3) is 0 Å². The maximum absolute atomic E-state index is 10.5. The molecule has 5 aliphatic heterocycles. The summed E-state index contributed by atoms with van der Waals surface area (Å²) in [5, 5.41) is 40.4. The van der Waals surface area contributed by atoms with Gasteiger partial charge in [0.15, 0.2) is 17.8 Å². The van der Waals surface area contributed by atoms with E-state index >= 15 is 0 Å². The molecule has 10 heteroatoms. The Bertz CT molecular complexity index is 736. The van der Waals surface area contributed by atoms with E-state index in [0.717, 1.165) is 19.3 Å². The molecule has 5 heterocycles. The molecule has 1 spiro atoms. The Balaban J connectivity index is 1.49. The van der Waals surface area contributed by atoms with Crippen LogP contribution in [0.2, 0.25) is 0 Å². The minimum Gasteiger partial charge on any atom is -0.448 e. The number of fused-ring (bicyclic) bond motifs is 2. The molecule has 0 aromatic heterocycles. The third-order valence-corrected chi connectivity index (χ3v) is 8.14. The van der Waals surface area contributed by atoms with Gasteiger partial charge in [0.2, 0.25) is 12.1 Å². The zero-order valence-electron chi connectivity index (χ0n) is 18.1. The number of aliphatic hydroxyl groups is 4. The van der Waals surface area contributed by atoms with Crippen LogP contribution in [0.3, 0.4) is 0 Å². The van der Waals surface area contributed by atoms with Gasteiger partial charge in [-0.3, -0.25) is 0 Å². The van der Waals surface area contributed by atoms with Gasteiger partial charge < -0.3 is 34.6 Å². The highest BCUT2D eigenvalue weighted by atomic mass is 17.3. The number of hydrogen-bond donors (Lipinski definition) is 4. The molecule has 1 saturated carbocycles. The fraction of sp³-hybridized carbons (Fsp3) is 0.952. The summed E-state index contributed by atoms with van der Waals surface area (Å²) in [6.45, 7) is 5.53. The number of nitrogens with zero attached hydrogens (tertiary/aromatic N) is 1. The second-order valence-corrected chi connectivity index (χ2v) is 10.0. The van der Waals surface area contributed by atoms with E-state index in [-0.39, 0.29) is 17.8 Å². The van der Waals surface area contributed by atoms with Gasteiger partial charge in [-0.15, -0.1) is 0 Å². The van der Waals surface area contributed by atoms with Gasteiger partial charge in [0, 0.05) is 24.2 Å². The largest absolute Gasteiger partial charge is 0.448 e. The van der Waals surface area contributed by atoms with Crippen LogP contribution in [0, 0.1) is 23.7 Å². The third kappa shape index (κ3) is 3.18. The van der Waals surface area contributed by atoms with Crippen LogP contribution in [0.15, 0.2) is 4.99 Å². The highest BCUT2D eigenvalue weighted by Gasteiger charge is 2.69. The minimum absolute atomic E-state index is 0.0164. The van der Waals surface area contributed by atoms with Crippen molar-refractivity contribution >= 4 is 5.90 Å². The molecule has 0 aromatic carbocycles. The van der Waals surface area contributed by atoms with Crippen molar-refractivity contribution in [3.8, 4) is 0 Å². The summed E-state index contributed by atoms with van der Waals surface area (Å²) in [6.07, 6.45) is -2.57. The van der Waals surface area contributed by atoms with Crippen LogP contribution in [0.25, 0.3) is 0 Å². The van der Waals surface area contributed by atoms with E-state index in [2.05, 4.69) is 11.9 Å². The van der Waals surface area contributed by atoms with Crippen molar-refractivity contribution in [2.45, 2.75) is 94.8 Å². The molecule has 6 rings (SSSR count). The first-order chi connectivity index (χ1) is 14.7. The van der Waals surface area contributed by atoms with Crippen molar-refractivity contribution in [3.63, 3.8) is 0 Å². The Morgan fingerprint density at radius 2 is 1.81 bits per heavy atom. The Kier molecular flexibility index (Phi) is 5.38. The van der Waals surface area contributed by atoms with Gasteiger partial charge in [-0.2, -0.15) is 0 Å². The minimum atomic E-state index is -1.49. The maximum atomic E-state index is 10.5. The predicted molar refractivity (Wildman–Crippen MR) is 104 cm³/mol. The second kappa shape index (κ2) is 7.59. The van der Waals surface area contributed by atoms with Crippen LogP contribution in [0.4, 0.5) is 0 Å². The highest BCUT2D eigenvalue weighted by molar-refractivity contribution is 5.80.